The molecule has 1 fully saturated rings. The lowest BCUT2D eigenvalue weighted by Gasteiger charge is -2.29. The quantitative estimate of drug-likeness (QED) is 0.598. The van der Waals surface area contributed by atoms with Gasteiger partial charge in [0.15, 0.2) is 0 Å². The van der Waals surface area contributed by atoms with E-state index in [1.807, 2.05) is 0 Å². The Morgan fingerprint density at radius 2 is 1.96 bits per heavy atom. The molecule has 4 N–H and O–H groups in total. The van der Waals surface area contributed by atoms with Crippen molar-refractivity contribution in [1.82, 2.24) is 20.2 Å². The Balaban J connectivity index is 2.08. The van der Waals surface area contributed by atoms with Crippen LogP contribution in [0.5, 0.6) is 0 Å². The number of rotatable bonds is 4. The van der Waals surface area contributed by atoms with Crippen LogP contribution in [0.2, 0.25) is 0 Å². The van der Waals surface area contributed by atoms with Crippen LogP contribution >= 0.6 is 11.3 Å². The number of carbonyl (C=O) groups is 2. The number of aromatic nitrogens is 2. The Bertz CT molecular complexity index is 1070. The number of hydrogen-bond donors (Lipinski definition) is 3. The average molecular weight is 436 g/mol. The fourth-order valence-corrected chi connectivity index (χ4v) is 4.48. The number of benzene rings is 1. The highest BCUT2D eigenvalue weighted by atomic mass is 32.2. The molecule has 1 aliphatic rings. The van der Waals surface area contributed by atoms with E-state index >= 15 is 0 Å². The highest BCUT2D eigenvalue weighted by molar-refractivity contribution is 7.91. The molecule has 1 aromatic carbocycles. The number of nitrogen functional groups attached to an aromatic ring is 1. The smallest absolute Gasteiger partial charge is 0.374 e. The van der Waals surface area contributed by atoms with Gasteiger partial charge in [-0.1, -0.05) is 23.5 Å². The number of aryl methyl sites for hydroxylation is 1. The van der Waals surface area contributed by atoms with E-state index in [1.165, 1.54) is 28.2 Å². The van der Waals surface area contributed by atoms with Crippen molar-refractivity contribution in [2.24, 2.45) is 0 Å². The molecule has 2 aromatic rings. The first kappa shape index (κ1) is 20.0. The number of halogens is 3. The Hall–Kier alpha value is -2.78. The van der Waals surface area contributed by atoms with Gasteiger partial charge in [0.05, 0.1) is 5.69 Å². The molecule has 1 saturated heterocycles. The lowest BCUT2D eigenvalue weighted by atomic mass is 10.1. The number of sulfonamides is 1. The molecule has 1 atom stereocenters. The molecule has 0 saturated carbocycles. The van der Waals surface area contributed by atoms with Gasteiger partial charge in [-0.05, 0) is 24.6 Å². The van der Waals surface area contributed by atoms with E-state index in [9.17, 15) is 31.2 Å². The van der Waals surface area contributed by atoms with Gasteiger partial charge in [0.1, 0.15) is 0 Å². The van der Waals surface area contributed by atoms with Crippen LogP contribution in [-0.2, 0) is 14.8 Å². The van der Waals surface area contributed by atoms with Crippen LogP contribution in [0.1, 0.15) is 5.56 Å². The number of hydrogen-bond acceptors (Lipinski definition) is 8. The van der Waals surface area contributed by atoms with Crippen LogP contribution in [0.4, 0.5) is 28.8 Å². The normalized spacial score (nSPS) is 20.5. The molecule has 0 spiro atoms. The van der Waals surface area contributed by atoms with Crippen molar-refractivity contribution in [2.75, 3.05) is 10.6 Å². The summed E-state index contributed by atoms with van der Waals surface area (Å²) < 4.78 is 66.4. The molecule has 0 radical (unpaired) electrons. The Kier molecular flexibility index (Phi) is 4.55. The fraction of sp³-hybridized carbons (Fsp3) is 0.231. The number of imide groups is 1. The number of nitrogens with two attached hydrogens (primary N) is 1. The first-order chi connectivity index (χ1) is 12.9. The second kappa shape index (κ2) is 6.39. The highest BCUT2D eigenvalue weighted by Gasteiger charge is 2.70. The number of nitrogens with one attached hydrogen (secondary N) is 2. The monoisotopic (exact) mass is 436 g/mol. The predicted molar refractivity (Wildman–Crippen MR) is 90.6 cm³/mol. The first-order valence-electron chi connectivity index (χ1n) is 7.30. The van der Waals surface area contributed by atoms with Gasteiger partial charge in [-0.3, -0.25) is 4.79 Å². The Morgan fingerprint density at radius 1 is 1.29 bits per heavy atom. The van der Waals surface area contributed by atoms with Gasteiger partial charge >= 0.3 is 12.2 Å². The second-order valence-corrected chi connectivity index (χ2v) is 8.53. The maximum Gasteiger partial charge on any atom is 0.435 e. The molecule has 0 aliphatic carbocycles. The molecule has 2 heterocycles. The zero-order chi connectivity index (χ0) is 20.9. The molecule has 0 bridgehead atoms. The minimum absolute atomic E-state index is 0.159. The fourth-order valence-electron chi connectivity index (χ4n) is 2.42. The van der Waals surface area contributed by atoms with E-state index in [1.54, 1.807) is 13.0 Å². The summed E-state index contributed by atoms with van der Waals surface area (Å²) >= 11 is 0.289. The SMILES string of the molecule is Cc1cccc(N2C(=O)NC(NS(=O)(=O)c3nnc(N)s3)(C(F)(F)F)C2=O)c1. The zero-order valence-electron chi connectivity index (χ0n) is 13.8. The van der Waals surface area contributed by atoms with Crippen LogP contribution in [-0.4, -0.2) is 42.4 Å². The van der Waals surface area contributed by atoms with Gasteiger partial charge in [0.25, 0.3) is 21.6 Å². The number of nitrogens with zero attached hydrogens (tertiary/aromatic N) is 3. The molecule has 150 valence electrons. The summed E-state index contributed by atoms with van der Waals surface area (Å²) in [5.74, 6) is -1.86. The molecular weight excluding hydrogens is 425 g/mol. The number of urea groups is 1. The standard InChI is InChI=1S/C13H11F3N6O4S2/c1-6-3-2-4-7(5-6)22-8(23)12(13(14,15)16,18-10(22)24)21-28(25,26)11-20-19-9(17)27-11/h2-5,21H,1H3,(H2,17,19)(H,18,24). The Labute approximate surface area is 159 Å². The third-order valence-corrected chi connectivity index (χ3v) is 6.22. The zero-order valence-corrected chi connectivity index (χ0v) is 15.4. The molecule has 10 nitrogen and oxygen atoms in total. The van der Waals surface area contributed by atoms with Gasteiger partial charge < -0.3 is 11.1 Å². The minimum Gasteiger partial charge on any atom is -0.374 e. The van der Waals surface area contributed by atoms with Crippen LogP contribution in [0.3, 0.4) is 0 Å². The number of anilines is 2. The van der Waals surface area contributed by atoms with Crippen molar-refractivity contribution in [2.45, 2.75) is 23.1 Å². The van der Waals surface area contributed by atoms with Gasteiger partial charge in [-0.15, -0.1) is 10.2 Å². The van der Waals surface area contributed by atoms with Gasteiger partial charge in [-0.2, -0.15) is 17.9 Å². The second-order valence-electron chi connectivity index (χ2n) is 5.67. The first-order valence-corrected chi connectivity index (χ1v) is 9.60. The molecular formula is C13H11F3N6O4S2. The van der Waals surface area contributed by atoms with Gasteiger partial charge in [0.2, 0.25) is 9.47 Å². The van der Waals surface area contributed by atoms with Crippen molar-refractivity contribution >= 4 is 44.1 Å². The van der Waals surface area contributed by atoms with Crippen molar-refractivity contribution in [3.8, 4) is 0 Å². The highest BCUT2D eigenvalue weighted by Crippen LogP contribution is 2.37. The summed E-state index contributed by atoms with van der Waals surface area (Å²) in [6, 6.07) is 4.10. The lowest BCUT2D eigenvalue weighted by molar-refractivity contribution is -0.194. The van der Waals surface area contributed by atoms with E-state index in [4.69, 9.17) is 5.73 Å². The van der Waals surface area contributed by atoms with Gasteiger partial charge in [0, 0.05) is 0 Å². The molecule has 1 aromatic heterocycles. The van der Waals surface area contributed by atoms with E-state index in [-0.39, 0.29) is 27.1 Å². The van der Waals surface area contributed by atoms with Gasteiger partial charge in [-0.25, -0.2) is 18.1 Å². The molecule has 3 amide bonds. The number of alkyl halides is 3. The third kappa shape index (κ3) is 3.16. The van der Waals surface area contributed by atoms with E-state index < -0.39 is 38.1 Å². The predicted octanol–water partition coefficient (Wildman–Crippen LogP) is 0.722. The summed E-state index contributed by atoms with van der Waals surface area (Å²) in [5, 5.41) is 7.47. The summed E-state index contributed by atoms with van der Waals surface area (Å²) in [7, 11) is -5.00. The maximum absolute atomic E-state index is 13.8. The summed E-state index contributed by atoms with van der Waals surface area (Å²) in [5.41, 5.74) is 1.73. The number of amides is 3. The summed E-state index contributed by atoms with van der Waals surface area (Å²) in [6.07, 6.45) is -5.51. The van der Waals surface area contributed by atoms with Crippen molar-refractivity contribution < 1.29 is 31.2 Å². The molecule has 1 unspecified atom stereocenters. The molecule has 3 rings (SSSR count). The minimum atomic E-state index is -5.51. The van der Waals surface area contributed by atoms with E-state index in [2.05, 4.69) is 10.2 Å². The van der Waals surface area contributed by atoms with Crippen LogP contribution in [0.15, 0.2) is 28.6 Å². The topological polar surface area (TPSA) is 147 Å². The largest absolute Gasteiger partial charge is 0.435 e. The summed E-state index contributed by atoms with van der Waals surface area (Å²) in [6.45, 7) is 1.60. The maximum atomic E-state index is 13.8. The van der Waals surface area contributed by atoms with Crippen LogP contribution in [0.25, 0.3) is 0 Å². The molecule has 15 heteroatoms. The van der Waals surface area contributed by atoms with E-state index in [0.717, 1.165) is 0 Å². The van der Waals surface area contributed by atoms with Crippen LogP contribution in [0, 0.1) is 6.92 Å². The average Bonchev–Trinajstić information content (AvgIpc) is 3.10. The van der Waals surface area contributed by atoms with E-state index in [0.29, 0.717) is 5.56 Å². The Morgan fingerprint density at radius 3 is 2.50 bits per heavy atom. The van der Waals surface area contributed by atoms with Crippen molar-refractivity contribution in [3.05, 3.63) is 29.8 Å². The van der Waals surface area contributed by atoms with Crippen LogP contribution < -0.4 is 20.7 Å². The molecule has 28 heavy (non-hydrogen) atoms. The lowest BCUT2D eigenvalue weighted by Crippen LogP contribution is -2.69. The molecule has 1 aliphatic heterocycles. The van der Waals surface area contributed by atoms with Crippen molar-refractivity contribution in [3.63, 3.8) is 0 Å². The van der Waals surface area contributed by atoms with Crippen molar-refractivity contribution in [1.29, 1.82) is 0 Å². The third-order valence-electron chi connectivity index (χ3n) is 3.65. The number of carbonyl (C=O) groups excluding carboxylic acids is 2. The summed E-state index contributed by atoms with van der Waals surface area (Å²) in [4.78, 5) is 25.1.